The van der Waals surface area contributed by atoms with Gasteiger partial charge in [-0.3, -0.25) is 0 Å². The van der Waals surface area contributed by atoms with E-state index in [4.69, 9.17) is 9.47 Å². The highest BCUT2D eigenvalue weighted by Gasteiger charge is 2.12. The first-order valence-corrected chi connectivity index (χ1v) is 8.18. The Morgan fingerprint density at radius 2 is 1.76 bits per heavy atom. The Hall–Kier alpha value is -2.98. The second-order valence-electron chi connectivity index (χ2n) is 5.99. The molecular formula is C21H19NO3. The first-order valence-electron chi connectivity index (χ1n) is 8.18. The molecule has 0 bridgehead atoms. The Kier molecular flexibility index (Phi) is 4.04. The molecule has 0 amide bonds. The molecule has 4 aromatic rings. The van der Waals surface area contributed by atoms with Crippen LogP contribution in [-0.4, -0.2) is 17.2 Å². The minimum atomic E-state index is -0.0335. The van der Waals surface area contributed by atoms with E-state index in [1.54, 1.807) is 7.11 Å². The van der Waals surface area contributed by atoms with Gasteiger partial charge in [-0.05, 0) is 41.5 Å². The van der Waals surface area contributed by atoms with E-state index in [-0.39, 0.29) is 6.61 Å². The zero-order valence-corrected chi connectivity index (χ0v) is 14.0. The van der Waals surface area contributed by atoms with Gasteiger partial charge in [-0.25, -0.2) is 0 Å². The smallest absolute Gasteiger partial charge is 0.144 e. The minimum absolute atomic E-state index is 0.0335. The number of aliphatic hydroxyl groups excluding tert-OH is 1. The van der Waals surface area contributed by atoms with Gasteiger partial charge in [0.05, 0.1) is 19.2 Å². The quantitative estimate of drug-likeness (QED) is 0.569. The van der Waals surface area contributed by atoms with Gasteiger partial charge in [0.2, 0.25) is 0 Å². The fourth-order valence-electron chi connectivity index (χ4n) is 3.07. The molecule has 0 aliphatic heterocycles. The molecule has 4 heteroatoms. The van der Waals surface area contributed by atoms with Crippen molar-refractivity contribution < 1.29 is 14.6 Å². The summed E-state index contributed by atoms with van der Waals surface area (Å²) < 4.78 is 11.4. The van der Waals surface area contributed by atoms with E-state index in [2.05, 4.69) is 4.98 Å². The van der Waals surface area contributed by atoms with Gasteiger partial charge >= 0.3 is 0 Å². The number of methoxy groups -OCH3 is 1. The molecule has 126 valence electrons. The van der Waals surface area contributed by atoms with E-state index in [9.17, 15) is 5.11 Å². The lowest BCUT2D eigenvalue weighted by Crippen LogP contribution is -1.97. The fourth-order valence-corrected chi connectivity index (χ4v) is 3.07. The first kappa shape index (κ1) is 15.5. The second-order valence-corrected chi connectivity index (χ2v) is 5.99. The topological polar surface area (TPSA) is 54.5 Å². The summed E-state index contributed by atoms with van der Waals surface area (Å²) in [5.74, 6) is 1.54. The summed E-state index contributed by atoms with van der Waals surface area (Å²) in [6, 6.07) is 19.8. The molecule has 1 heterocycles. The third kappa shape index (κ3) is 2.92. The Bertz CT molecular complexity index is 1020. The van der Waals surface area contributed by atoms with Crippen molar-refractivity contribution in [2.24, 2.45) is 0 Å². The van der Waals surface area contributed by atoms with Crippen LogP contribution in [0.1, 0.15) is 11.1 Å². The van der Waals surface area contributed by atoms with Crippen LogP contribution in [0.15, 0.2) is 60.7 Å². The van der Waals surface area contributed by atoms with Crippen molar-refractivity contribution in [3.63, 3.8) is 0 Å². The summed E-state index contributed by atoms with van der Waals surface area (Å²) in [6.07, 6.45) is 0. The van der Waals surface area contributed by atoms with E-state index in [1.807, 2.05) is 60.7 Å². The molecule has 25 heavy (non-hydrogen) atoms. The average Bonchev–Trinajstić information content (AvgIpc) is 3.04. The Morgan fingerprint density at radius 3 is 2.52 bits per heavy atom. The monoisotopic (exact) mass is 333 g/mol. The summed E-state index contributed by atoms with van der Waals surface area (Å²) in [7, 11) is 1.66. The molecule has 2 N–H and O–H groups in total. The van der Waals surface area contributed by atoms with Crippen LogP contribution in [-0.2, 0) is 13.2 Å². The molecule has 0 atom stereocenters. The minimum Gasteiger partial charge on any atom is -0.497 e. The summed E-state index contributed by atoms with van der Waals surface area (Å²) >= 11 is 0. The van der Waals surface area contributed by atoms with Crippen molar-refractivity contribution >= 4 is 21.8 Å². The first-order chi connectivity index (χ1) is 12.3. The number of H-pyrrole nitrogens is 1. The van der Waals surface area contributed by atoms with Crippen molar-refractivity contribution in [2.75, 3.05) is 7.11 Å². The average molecular weight is 333 g/mol. The zero-order chi connectivity index (χ0) is 17.2. The number of aliphatic hydroxyl groups is 1. The predicted molar refractivity (Wildman–Crippen MR) is 99.1 cm³/mol. The molecule has 0 spiro atoms. The number of ether oxygens (including phenoxy) is 2. The molecule has 0 aliphatic carbocycles. The van der Waals surface area contributed by atoms with Gasteiger partial charge in [-0.15, -0.1) is 0 Å². The lowest BCUT2D eigenvalue weighted by molar-refractivity contribution is 0.279. The predicted octanol–water partition coefficient (Wildman–Crippen LogP) is 4.40. The Labute approximate surface area is 145 Å². The lowest BCUT2D eigenvalue weighted by atomic mass is 10.1. The maximum absolute atomic E-state index is 9.63. The number of hydrogen-bond acceptors (Lipinski definition) is 3. The summed E-state index contributed by atoms with van der Waals surface area (Å²) in [4.78, 5) is 3.42. The standard InChI is InChI=1S/C21H19NO3/c1-24-16-7-8-19-17(11-16)18-9-15(12-23)10-20(21(18)22-19)25-13-14-5-3-2-4-6-14/h2-11,22-23H,12-13H2,1H3. The van der Waals surface area contributed by atoms with Crippen LogP contribution in [0.2, 0.25) is 0 Å². The third-order valence-electron chi connectivity index (χ3n) is 4.36. The van der Waals surface area contributed by atoms with Gasteiger partial charge in [0, 0.05) is 16.3 Å². The number of aromatic amines is 1. The van der Waals surface area contributed by atoms with Crippen molar-refractivity contribution in [3.8, 4) is 11.5 Å². The normalized spacial score (nSPS) is 11.1. The van der Waals surface area contributed by atoms with E-state index < -0.39 is 0 Å². The lowest BCUT2D eigenvalue weighted by Gasteiger charge is -2.09. The van der Waals surface area contributed by atoms with Crippen molar-refractivity contribution in [2.45, 2.75) is 13.2 Å². The summed E-state index contributed by atoms with van der Waals surface area (Å²) in [5, 5.41) is 11.7. The number of rotatable bonds is 5. The van der Waals surface area contributed by atoms with Gasteiger partial charge < -0.3 is 19.6 Å². The Balaban J connectivity index is 1.82. The largest absolute Gasteiger partial charge is 0.497 e. The van der Waals surface area contributed by atoms with Gasteiger partial charge in [-0.2, -0.15) is 0 Å². The number of fused-ring (bicyclic) bond motifs is 3. The van der Waals surface area contributed by atoms with Gasteiger partial charge in [-0.1, -0.05) is 30.3 Å². The molecule has 0 unspecified atom stereocenters. The molecule has 1 aromatic heterocycles. The van der Waals surface area contributed by atoms with Crippen LogP contribution in [0.5, 0.6) is 11.5 Å². The van der Waals surface area contributed by atoms with E-state index in [1.165, 1.54) is 0 Å². The summed E-state index contributed by atoms with van der Waals surface area (Å²) in [6.45, 7) is 0.442. The van der Waals surface area contributed by atoms with Crippen LogP contribution in [0, 0.1) is 0 Å². The highest BCUT2D eigenvalue weighted by molar-refractivity contribution is 6.09. The maximum Gasteiger partial charge on any atom is 0.144 e. The van der Waals surface area contributed by atoms with Crippen LogP contribution >= 0.6 is 0 Å². The number of benzene rings is 3. The maximum atomic E-state index is 9.63. The molecule has 0 aliphatic rings. The number of aromatic nitrogens is 1. The molecule has 4 rings (SSSR count). The highest BCUT2D eigenvalue weighted by atomic mass is 16.5. The SMILES string of the molecule is COc1ccc2[nH]c3c(OCc4ccccc4)cc(CO)cc3c2c1. The van der Waals surface area contributed by atoms with Gasteiger partial charge in [0.25, 0.3) is 0 Å². The van der Waals surface area contributed by atoms with Crippen molar-refractivity contribution in [1.29, 1.82) is 0 Å². The molecule has 0 saturated heterocycles. The zero-order valence-electron chi connectivity index (χ0n) is 14.0. The van der Waals surface area contributed by atoms with Gasteiger partial charge in [0.15, 0.2) is 0 Å². The van der Waals surface area contributed by atoms with Crippen LogP contribution in [0.3, 0.4) is 0 Å². The molecule has 0 fully saturated rings. The number of hydrogen-bond donors (Lipinski definition) is 2. The molecule has 3 aromatic carbocycles. The van der Waals surface area contributed by atoms with E-state index in [0.29, 0.717) is 6.61 Å². The van der Waals surface area contributed by atoms with E-state index in [0.717, 1.165) is 44.4 Å². The fraction of sp³-hybridized carbons (Fsp3) is 0.143. The third-order valence-corrected chi connectivity index (χ3v) is 4.36. The second kappa shape index (κ2) is 6.49. The molecular weight excluding hydrogens is 314 g/mol. The van der Waals surface area contributed by atoms with Crippen molar-refractivity contribution in [3.05, 3.63) is 71.8 Å². The highest BCUT2D eigenvalue weighted by Crippen LogP contribution is 2.35. The molecule has 0 radical (unpaired) electrons. The van der Waals surface area contributed by atoms with E-state index >= 15 is 0 Å². The number of nitrogens with one attached hydrogen (secondary N) is 1. The van der Waals surface area contributed by atoms with Gasteiger partial charge in [0.1, 0.15) is 18.1 Å². The van der Waals surface area contributed by atoms with Crippen molar-refractivity contribution in [1.82, 2.24) is 4.98 Å². The molecule has 0 saturated carbocycles. The van der Waals surface area contributed by atoms with Crippen LogP contribution < -0.4 is 9.47 Å². The Morgan fingerprint density at radius 1 is 0.920 bits per heavy atom. The molecule has 4 nitrogen and oxygen atoms in total. The van der Waals surface area contributed by atoms with Crippen LogP contribution in [0.25, 0.3) is 21.8 Å². The van der Waals surface area contributed by atoms with Crippen LogP contribution in [0.4, 0.5) is 0 Å². The summed E-state index contributed by atoms with van der Waals surface area (Å²) in [5.41, 5.74) is 3.86.